The molecule has 0 saturated heterocycles. The van der Waals surface area contributed by atoms with Crippen LogP contribution in [0.5, 0.6) is 0 Å². The molecule has 1 N–H and O–H groups in total. The molecule has 0 fully saturated rings. The maximum atomic E-state index is 11.2. The first-order valence-electron chi connectivity index (χ1n) is 7.39. The molecular weight excluding hydrogens is 288 g/mol. The molecule has 1 heterocycles. The van der Waals surface area contributed by atoms with Gasteiger partial charge < -0.3 is 9.84 Å². The Bertz CT molecular complexity index is 445. The van der Waals surface area contributed by atoms with Crippen molar-refractivity contribution in [3.63, 3.8) is 0 Å². The van der Waals surface area contributed by atoms with Crippen LogP contribution >= 0.6 is 0 Å². The second kappa shape index (κ2) is 8.23. The number of carboxylic acids is 1. The quantitative estimate of drug-likeness (QED) is 0.525. The molecule has 0 saturated carbocycles. The molecule has 1 aromatic rings. The van der Waals surface area contributed by atoms with Crippen LogP contribution in [-0.2, 0) is 22.7 Å². The molecule has 21 heavy (non-hydrogen) atoms. The average molecular weight is 314 g/mol. The molecule has 1 rings (SSSR count). The standard InChI is InChI=1S/C13H26N4O3Si/c1-5-6-11(13(18)19)9-12-14-15-16-17(12)10-20-7-8-21(2,3)4/h11H,5-10H2,1-4H3,(H,18,19)/t11-/m0/s1. The number of tetrazole rings is 1. The lowest BCUT2D eigenvalue weighted by atomic mass is 10.00. The Morgan fingerprint density at radius 2 is 2.14 bits per heavy atom. The Balaban J connectivity index is 2.51. The molecule has 0 spiro atoms. The van der Waals surface area contributed by atoms with Gasteiger partial charge in [-0.3, -0.25) is 4.79 Å². The summed E-state index contributed by atoms with van der Waals surface area (Å²) in [7, 11) is -1.11. The van der Waals surface area contributed by atoms with Crippen molar-refractivity contribution < 1.29 is 14.6 Å². The predicted molar refractivity (Wildman–Crippen MR) is 81.7 cm³/mol. The molecule has 1 aromatic heterocycles. The number of rotatable bonds is 10. The van der Waals surface area contributed by atoms with Crippen molar-refractivity contribution in [2.45, 2.75) is 58.6 Å². The maximum Gasteiger partial charge on any atom is 0.306 e. The van der Waals surface area contributed by atoms with Gasteiger partial charge in [0.2, 0.25) is 0 Å². The van der Waals surface area contributed by atoms with Crippen LogP contribution in [0.1, 0.15) is 25.6 Å². The number of ether oxygens (including phenoxy) is 1. The van der Waals surface area contributed by atoms with Crippen molar-refractivity contribution in [1.82, 2.24) is 20.2 Å². The third-order valence-electron chi connectivity index (χ3n) is 3.23. The molecule has 120 valence electrons. The van der Waals surface area contributed by atoms with E-state index < -0.39 is 20.0 Å². The number of carbonyl (C=O) groups is 1. The largest absolute Gasteiger partial charge is 0.481 e. The summed E-state index contributed by atoms with van der Waals surface area (Å²) in [4.78, 5) is 11.2. The van der Waals surface area contributed by atoms with Gasteiger partial charge in [-0.2, -0.15) is 0 Å². The monoisotopic (exact) mass is 314 g/mol. The van der Waals surface area contributed by atoms with Crippen LogP contribution < -0.4 is 0 Å². The summed E-state index contributed by atoms with van der Waals surface area (Å²) in [6.45, 7) is 9.82. The zero-order chi connectivity index (χ0) is 15.9. The average Bonchev–Trinajstić information content (AvgIpc) is 2.80. The van der Waals surface area contributed by atoms with E-state index in [2.05, 4.69) is 35.2 Å². The van der Waals surface area contributed by atoms with E-state index >= 15 is 0 Å². The zero-order valence-electron chi connectivity index (χ0n) is 13.4. The van der Waals surface area contributed by atoms with Crippen LogP contribution in [0.4, 0.5) is 0 Å². The fourth-order valence-corrected chi connectivity index (χ4v) is 2.64. The lowest BCUT2D eigenvalue weighted by Crippen LogP contribution is -2.23. The van der Waals surface area contributed by atoms with Crippen LogP contribution in [0.3, 0.4) is 0 Å². The SMILES string of the molecule is CCC[C@@H](Cc1nnnn1COCC[Si](C)(C)C)C(=O)O. The first-order valence-corrected chi connectivity index (χ1v) is 11.1. The van der Waals surface area contributed by atoms with Crippen molar-refractivity contribution in [3.8, 4) is 0 Å². The summed E-state index contributed by atoms with van der Waals surface area (Å²) in [6.07, 6.45) is 1.79. The van der Waals surface area contributed by atoms with Gasteiger partial charge in [0, 0.05) is 21.1 Å². The Hall–Kier alpha value is -1.28. The van der Waals surface area contributed by atoms with Crippen LogP contribution in [0.15, 0.2) is 0 Å². The number of aliphatic carboxylic acids is 1. The Labute approximate surface area is 126 Å². The molecule has 0 radical (unpaired) electrons. The predicted octanol–water partition coefficient (Wildman–Crippen LogP) is 2.03. The lowest BCUT2D eigenvalue weighted by Gasteiger charge is -2.15. The van der Waals surface area contributed by atoms with Crippen molar-refractivity contribution in [2.75, 3.05) is 6.61 Å². The van der Waals surface area contributed by atoms with Gasteiger partial charge in [0.05, 0.1) is 5.92 Å². The van der Waals surface area contributed by atoms with Crippen molar-refractivity contribution in [3.05, 3.63) is 5.82 Å². The van der Waals surface area contributed by atoms with Gasteiger partial charge in [-0.1, -0.05) is 33.0 Å². The fraction of sp³-hybridized carbons (Fsp3) is 0.846. The number of carboxylic acid groups (broad SMARTS) is 1. The third kappa shape index (κ3) is 6.81. The van der Waals surface area contributed by atoms with E-state index in [0.29, 0.717) is 25.3 Å². The van der Waals surface area contributed by atoms with Crippen LogP contribution in [0.25, 0.3) is 0 Å². The molecule has 0 aliphatic carbocycles. The third-order valence-corrected chi connectivity index (χ3v) is 4.94. The Kier molecular flexibility index (Phi) is 6.96. The highest BCUT2D eigenvalue weighted by atomic mass is 28.3. The molecule has 0 amide bonds. The summed E-state index contributed by atoms with van der Waals surface area (Å²) in [6, 6.07) is 1.08. The molecule has 0 aliphatic rings. The van der Waals surface area contributed by atoms with E-state index in [1.54, 1.807) is 4.68 Å². The minimum atomic E-state index is -1.11. The van der Waals surface area contributed by atoms with Gasteiger partial charge in [-0.05, 0) is 22.9 Å². The molecular formula is C13H26N4O3Si. The second-order valence-electron chi connectivity index (χ2n) is 6.47. The number of hydrogen-bond acceptors (Lipinski definition) is 5. The first kappa shape index (κ1) is 17.8. The Morgan fingerprint density at radius 3 is 2.71 bits per heavy atom. The number of hydrogen-bond donors (Lipinski definition) is 1. The molecule has 0 unspecified atom stereocenters. The Morgan fingerprint density at radius 1 is 1.43 bits per heavy atom. The molecule has 0 bridgehead atoms. The number of aromatic nitrogens is 4. The van der Waals surface area contributed by atoms with Crippen LogP contribution in [-0.4, -0.2) is 46.0 Å². The summed E-state index contributed by atoms with van der Waals surface area (Å²) < 4.78 is 7.16. The zero-order valence-corrected chi connectivity index (χ0v) is 14.4. The lowest BCUT2D eigenvalue weighted by molar-refractivity contribution is -0.142. The normalized spacial score (nSPS) is 13.3. The summed E-state index contributed by atoms with van der Waals surface area (Å²) in [5, 5.41) is 20.6. The van der Waals surface area contributed by atoms with Gasteiger partial charge in [-0.15, -0.1) is 5.10 Å². The van der Waals surface area contributed by atoms with Gasteiger partial charge in [0.25, 0.3) is 0 Å². The topological polar surface area (TPSA) is 90.1 Å². The fourth-order valence-electron chi connectivity index (χ4n) is 1.88. The van der Waals surface area contributed by atoms with Crippen LogP contribution in [0.2, 0.25) is 25.7 Å². The van der Waals surface area contributed by atoms with E-state index in [1.807, 2.05) is 6.92 Å². The van der Waals surface area contributed by atoms with Gasteiger partial charge in [0.1, 0.15) is 6.73 Å². The van der Waals surface area contributed by atoms with Crippen molar-refractivity contribution in [2.24, 2.45) is 5.92 Å². The van der Waals surface area contributed by atoms with Gasteiger partial charge in [0.15, 0.2) is 5.82 Å². The number of nitrogens with zero attached hydrogens (tertiary/aromatic N) is 4. The van der Waals surface area contributed by atoms with E-state index in [4.69, 9.17) is 4.74 Å². The minimum absolute atomic E-state index is 0.283. The first-order chi connectivity index (χ1) is 9.83. The smallest absolute Gasteiger partial charge is 0.306 e. The summed E-state index contributed by atoms with van der Waals surface area (Å²) in [5.41, 5.74) is 0. The molecule has 7 nitrogen and oxygen atoms in total. The van der Waals surface area contributed by atoms with E-state index in [-0.39, 0.29) is 6.73 Å². The minimum Gasteiger partial charge on any atom is -0.481 e. The highest BCUT2D eigenvalue weighted by molar-refractivity contribution is 6.76. The van der Waals surface area contributed by atoms with E-state index in [9.17, 15) is 9.90 Å². The summed E-state index contributed by atoms with van der Waals surface area (Å²) >= 11 is 0. The molecule has 0 aliphatic heterocycles. The second-order valence-corrected chi connectivity index (χ2v) is 12.1. The molecule has 1 atom stereocenters. The van der Waals surface area contributed by atoms with Gasteiger partial charge in [-0.25, -0.2) is 4.68 Å². The molecule has 8 heteroatoms. The van der Waals surface area contributed by atoms with E-state index in [0.717, 1.165) is 12.5 Å². The highest BCUT2D eigenvalue weighted by Gasteiger charge is 2.20. The van der Waals surface area contributed by atoms with Crippen LogP contribution in [0, 0.1) is 5.92 Å². The van der Waals surface area contributed by atoms with Crippen molar-refractivity contribution in [1.29, 1.82) is 0 Å². The highest BCUT2D eigenvalue weighted by Crippen LogP contribution is 2.13. The summed E-state index contributed by atoms with van der Waals surface area (Å²) in [5.74, 6) is -0.670. The molecule has 0 aromatic carbocycles. The van der Waals surface area contributed by atoms with Crippen molar-refractivity contribution >= 4 is 14.0 Å². The van der Waals surface area contributed by atoms with E-state index in [1.165, 1.54) is 0 Å². The van der Waals surface area contributed by atoms with Gasteiger partial charge >= 0.3 is 5.97 Å². The maximum absolute atomic E-state index is 11.2.